The van der Waals surface area contributed by atoms with E-state index in [1.807, 2.05) is 57.3 Å². The molecule has 134 valence electrons. The summed E-state index contributed by atoms with van der Waals surface area (Å²) in [6, 6.07) is 16.1. The van der Waals surface area contributed by atoms with Crippen LogP contribution in [0.2, 0.25) is 0 Å². The molecule has 2 aromatic carbocycles. The first-order chi connectivity index (χ1) is 12.0. The summed E-state index contributed by atoms with van der Waals surface area (Å²) in [5, 5.41) is 3.06. The van der Waals surface area contributed by atoms with E-state index in [1.54, 1.807) is 0 Å². The van der Waals surface area contributed by atoms with Crippen molar-refractivity contribution in [3.05, 3.63) is 64.1 Å². The summed E-state index contributed by atoms with van der Waals surface area (Å²) in [5.74, 6) is 0.934. The van der Waals surface area contributed by atoms with Crippen LogP contribution in [0.1, 0.15) is 31.0 Å². The standard InChI is InChI=1S/C20H25BrN2O2/c1-4-25-19-11-5-16(6-12-19)13-23(3)14-20(24)22-15(2)17-7-9-18(21)10-8-17/h5-12,15H,4,13-14H2,1-3H3,(H,22,24)/p+1/t15-/m0/s1. The summed E-state index contributed by atoms with van der Waals surface area (Å²) in [5.41, 5.74) is 2.29. The zero-order chi connectivity index (χ0) is 18.2. The largest absolute Gasteiger partial charge is 0.494 e. The van der Waals surface area contributed by atoms with Crippen LogP contribution in [0.25, 0.3) is 0 Å². The van der Waals surface area contributed by atoms with Crippen molar-refractivity contribution < 1.29 is 14.4 Å². The number of nitrogens with one attached hydrogen (secondary N) is 2. The third-order valence-corrected chi connectivity index (χ3v) is 4.48. The van der Waals surface area contributed by atoms with E-state index < -0.39 is 0 Å². The topological polar surface area (TPSA) is 42.8 Å². The van der Waals surface area contributed by atoms with Crippen molar-refractivity contribution in [3.63, 3.8) is 0 Å². The molecule has 1 amide bonds. The number of quaternary nitrogens is 1. The second kappa shape index (κ2) is 9.59. The van der Waals surface area contributed by atoms with E-state index in [2.05, 4.69) is 33.4 Å². The molecule has 0 saturated carbocycles. The third-order valence-electron chi connectivity index (χ3n) is 3.95. The van der Waals surface area contributed by atoms with E-state index >= 15 is 0 Å². The average Bonchev–Trinajstić information content (AvgIpc) is 2.57. The van der Waals surface area contributed by atoms with Gasteiger partial charge in [0.1, 0.15) is 12.3 Å². The minimum absolute atomic E-state index is 0.00104. The van der Waals surface area contributed by atoms with Crippen LogP contribution < -0.4 is 15.0 Å². The maximum Gasteiger partial charge on any atom is 0.275 e. The van der Waals surface area contributed by atoms with E-state index in [4.69, 9.17) is 4.74 Å². The average molecular weight is 406 g/mol. The van der Waals surface area contributed by atoms with Gasteiger partial charge in [0.2, 0.25) is 0 Å². The van der Waals surface area contributed by atoms with Gasteiger partial charge in [-0.15, -0.1) is 0 Å². The van der Waals surface area contributed by atoms with Gasteiger partial charge in [-0.2, -0.15) is 0 Å². The zero-order valence-corrected chi connectivity index (χ0v) is 16.6. The number of amides is 1. The minimum atomic E-state index is -0.00104. The lowest BCUT2D eigenvalue weighted by molar-refractivity contribution is -0.885. The number of ether oxygens (including phenoxy) is 1. The number of halogens is 1. The number of carbonyl (C=O) groups is 1. The van der Waals surface area contributed by atoms with E-state index in [0.29, 0.717) is 13.2 Å². The van der Waals surface area contributed by atoms with Gasteiger partial charge in [-0.05, 0) is 55.8 Å². The van der Waals surface area contributed by atoms with Crippen molar-refractivity contribution in [2.24, 2.45) is 0 Å². The molecule has 0 aliphatic heterocycles. The quantitative estimate of drug-likeness (QED) is 0.708. The van der Waals surface area contributed by atoms with Gasteiger partial charge < -0.3 is 15.0 Å². The molecule has 0 fully saturated rings. The minimum Gasteiger partial charge on any atom is -0.494 e. The Labute approximate surface area is 158 Å². The summed E-state index contributed by atoms with van der Waals surface area (Å²) >= 11 is 3.42. The Morgan fingerprint density at radius 3 is 2.40 bits per heavy atom. The van der Waals surface area contributed by atoms with Gasteiger partial charge in [-0.3, -0.25) is 4.79 Å². The molecule has 2 N–H and O–H groups in total. The van der Waals surface area contributed by atoms with E-state index in [1.165, 1.54) is 5.56 Å². The Bertz CT molecular complexity index is 671. The second-order valence-electron chi connectivity index (χ2n) is 6.23. The highest BCUT2D eigenvalue weighted by Gasteiger charge is 2.14. The first kappa shape index (κ1) is 19.5. The van der Waals surface area contributed by atoms with Crippen LogP contribution in [0, 0.1) is 0 Å². The molecule has 0 aliphatic carbocycles. The molecule has 4 nitrogen and oxygen atoms in total. The fourth-order valence-corrected chi connectivity index (χ4v) is 2.95. The Morgan fingerprint density at radius 1 is 1.16 bits per heavy atom. The molecule has 2 aromatic rings. The summed E-state index contributed by atoms with van der Waals surface area (Å²) in [7, 11) is 2.03. The Hall–Kier alpha value is -1.85. The number of likely N-dealkylation sites (N-methyl/N-ethyl adjacent to an activating group) is 1. The first-order valence-corrected chi connectivity index (χ1v) is 9.35. The molecule has 25 heavy (non-hydrogen) atoms. The van der Waals surface area contributed by atoms with Gasteiger partial charge >= 0.3 is 0 Å². The molecule has 0 spiro atoms. The number of benzene rings is 2. The maximum absolute atomic E-state index is 12.3. The first-order valence-electron chi connectivity index (χ1n) is 8.55. The van der Waals surface area contributed by atoms with Gasteiger partial charge in [0.15, 0.2) is 6.54 Å². The van der Waals surface area contributed by atoms with Crippen molar-refractivity contribution in [1.82, 2.24) is 5.32 Å². The van der Waals surface area contributed by atoms with E-state index in [0.717, 1.165) is 27.2 Å². The van der Waals surface area contributed by atoms with Crippen molar-refractivity contribution in [2.45, 2.75) is 26.4 Å². The smallest absolute Gasteiger partial charge is 0.275 e. The van der Waals surface area contributed by atoms with Gasteiger partial charge in [-0.25, -0.2) is 0 Å². The lowest BCUT2D eigenvalue weighted by Crippen LogP contribution is -3.08. The van der Waals surface area contributed by atoms with Crippen LogP contribution >= 0.6 is 15.9 Å². The van der Waals surface area contributed by atoms with Crippen molar-refractivity contribution >= 4 is 21.8 Å². The van der Waals surface area contributed by atoms with Crippen LogP contribution in [0.3, 0.4) is 0 Å². The highest BCUT2D eigenvalue weighted by molar-refractivity contribution is 9.10. The fraction of sp³-hybridized carbons (Fsp3) is 0.350. The van der Waals surface area contributed by atoms with Gasteiger partial charge in [-0.1, -0.05) is 28.1 Å². The highest BCUT2D eigenvalue weighted by atomic mass is 79.9. The summed E-state index contributed by atoms with van der Waals surface area (Å²) in [6.45, 7) is 5.88. The molecule has 0 saturated heterocycles. The summed E-state index contributed by atoms with van der Waals surface area (Å²) in [4.78, 5) is 13.4. The summed E-state index contributed by atoms with van der Waals surface area (Å²) < 4.78 is 6.49. The molecule has 5 heteroatoms. The summed E-state index contributed by atoms with van der Waals surface area (Å²) in [6.07, 6.45) is 0. The van der Waals surface area contributed by atoms with Gasteiger partial charge in [0, 0.05) is 10.0 Å². The predicted molar refractivity (Wildman–Crippen MR) is 104 cm³/mol. The lowest BCUT2D eigenvalue weighted by Gasteiger charge is -2.17. The van der Waals surface area contributed by atoms with Crippen LogP contribution in [0.5, 0.6) is 5.75 Å². The molecule has 0 radical (unpaired) electrons. The van der Waals surface area contributed by atoms with Crippen LogP contribution in [0.4, 0.5) is 0 Å². The zero-order valence-electron chi connectivity index (χ0n) is 15.0. The maximum atomic E-state index is 12.3. The number of hydrogen-bond acceptors (Lipinski definition) is 2. The van der Waals surface area contributed by atoms with Gasteiger partial charge in [0.05, 0.1) is 19.7 Å². The molecule has 1 unspecified atom stereocenters. The second-order valence-corrected chi connectivity index (χ2v) is 7.14. The predicted octanol–water partition coefficient (Wildman–Crippen LogP) is 2.74. The number of carbonyl (C=O) groups excluding carboxylic acids is 1. The molecule has 0 bridgehead atoms. The Balaban J connectivity index is 1.81. The Kier molecular flexibility index (Phi) is 7.47. The van der Waals surface area contributed by atoms with Crippen LogP contribution in [-0.4, -0.2) is 26.1 Å². The number of rotatable bonds is 8. The lowest BCUT2D eigenvalue weighted by atomic mass is 10.1. The SMILES string of the molecule is CCOc1ccc(C[NH+](C)CC(=O)N[C@@H](C)c2ccc(Br)cc2)cc1. The normalized spacial score (nSPS) is 13.1. The number of hydrogen-bond donors (Lipinski definition) is 2. The van der Waals surface area contributed by atoms with Crippen molar-refractivity contribution in [3.8, 4) is 5.75 Å². The van der Waals surface area contributed by atoms with Crippen molar-refractivity contribution in [2.75, 3.05) is 20.2 Å². The van der Waals surface area contributed by atoms with Gasteiger partial charge in [0.25, 0.3) is 5.91 Å². The highest BCUT2D eigenvalue weighted by Crippen LogP contribution is 2.16. The van der Waals surface area contributed by atoms with Crippen LogP contribution in [-0.2, 0) is 11.3 Å². The molecule has 0 aromatic heterocycles. The molecule has 2 rings (SSSR count). The molecular weight excluding hydrogens is 380 g/mol. The van der Waals surface area contributed by atoms with E-state index in [-0.39, 0.29) is 11.9 Å². The Morgan fingerprint density at radius 2 is 1.80 bits per heavy atom. The third kappa shape index (κ3) is 6.52. The molecule has 2 atom stereocenters. The van der Waals surface area contributed by atoms with E-state index in [9.17, 15) is 4.79 Å². The molecular formula is C20H26BrN2O2+. The monoisotopic (exact) mass is 405 g/mol. The molecule has 0 heterocycles. The fourth-order valence-electron chi connectivity index (χ4n) is 2.68. The van der Waals surface area contributed by atoms with Crippen LogP contribution in [0.15, 0.2) is 53.0 Å². The van der Waals surface area contributed by atoms with Crippen molar-refractivity contribution in [1.29, 1.82) is 0 Å². The molecule has 0 aliphatic rings.